The summed E-state index contributed by atoms with van der Waals surface area (Å²) in [6, 6.07) is 14.6. The number of thioether (sulfide) groups is 1. The Hall–Kier alpha value is -3.31. The van der Waals surface area contributed by atoms with Crippen molar-refractivity contribution in [3.05, 3.63) is 59.1 Å². The molecular formula is C21H21N7O2S2. The molecule has 0 aliphatic rings. The monoisotopic (exact) mass is 467 g/mol. The van der Waals surface area contributed by atoms with Crippen molar-refractivity contribution in [1.29, 1.82) is 0 Å². The van der Waals surface area contributed by atoms with Crippen LogP contribution in [0.3, 0.4) is 0 Å². The van der Waals surface area contributed by atoms with E-state index in [2.05, 4.69) is 25.8 Å². The number of nitrogens with one attached hydrogen (secondary N) is 1. The molecule has 32 heavy (non-hydrogen) atoms. The van der Waals surface area contributed by atoms with Crippen molar-refractivity contribution in [2.45, 2.75) is 18.1 Å². The van der Waals surface area contributed by atoms with Gasteiger partial charge in [-0.2, -0.15) is 0 Å². The van der Waals surface area contributed by atoms with Crippen LogP contribution >= 0.6 is 23.1 Å². The highest BCUT2D eigenvalue weighted by Gasteiger charge is 2.22. The van der Waals surface area contributed by atoms with Gasteiger partial charge >= 0.3 is 0 Å². The lowest BCUT2D eigenvalue weighted by Crippen LogP contribution is -2.29. The molecule has 0 bridgehead atoms. The van der Waals surface area contributed by atoms with Crippen LogP contribution in [-0.2, 0) is 11.8 Å². The van der Waals surface area contributed by atoms with E-state index in [0.717, 1.165) is 15.2 Å². The van der Waals surface area contributed by atoms with Gasteiger partial charge in [0, 0.05) is 25.3 Å². The van der Waals surface area contributed by atoms with Crippen LogP contribution < -0.4 is 5.32 Å². The molecule has 0 saturated carbocycles. The number of nitrogens with zero attached hydrogens (tertiary/aromatic N) is 6. The molecule has 0 aliphatic heterocycles. The second-order valence-electron chi connectivity index (χ2n) is 7.11. The molecule has 0 radical (unpaired) electrons. The SMILES string of the molecule is C[C@@H](c1nc2ccccc2s1)N(C)C(=O)c1ccc(NC(=O)CSc2nnnn2C)cc1. The first kappa shape index (κ1) is 21.9. The van der Waals surface area contributed by atoms with Crippen LogP contribution in [0.5, 0.6) is 0 Å². The van der Waals surface area contributed by atoms with E-state index in [1.807, 2.05) is 31.2 Å². The number of carbonyl (C=O) groups is 2. The van der Waals surface area contributed by atoms with E-state index < -0.39 is 0 Å². The summed E-state index contributed by atoms with van der Waals surface area (Å²) < 4.78 is 2.60. The highest BCUT2D eigenvalue weighted by atomic mass is 32.2. The fourth-order valence-corrected chi connectivity index (χ4v) is 4.69. The van der Waals surface area contributed by atoms with Gasteiger partial charge in [-0.1, -0.05) is 23.9 Å². The first-order chi connectivity index (χ1) is 15.4. The number of carbonyl (C=O) groups excluding carboxylic acids is 2. The topological polar surface area (TPSA) is 106 Å². The molecular weight excluding hydrogens is 446 g/mol. The number of tetrazole rings is 1. The first-order valence-electron chi connectivity index (χ1n) is 9.80. The molecule has 1 atom stereocenters. The van der Waals surface area contributed by atoms with Crippen LogP contribution in [0.15, 0.2) is 53.7 Å². The summed E-state index contributed by atoms with van der Waals surface area (Å²) in [6.07, 6.45) is 0. The fourth-order valence-electron chi connectivity index (χ4n) is 2.98. The summed E-state index contributed by atoms with van der Waals surface area (Å²) in [5.74, 6) is -0.115. The Bertz CT molecular complexity index is 1220. The minimum atomic E-state index is -0.182. The number of fused-ring (bicyclic) bond motifs is 1. The Labute approximate surface area is 192 Å². The Kier molecular flexibility index (Phi) is 6.47. The molecule has 2 aromatic heterocycles. The quantitative estimate of drug-likeness (QED) is 0.415. The Morgan fingerprint density at radius 3 is 2.62 bits per heavy atom. The highest BCUT2D eigenvalue weighted by Crippen LogP contribution is 2.29. The molecule has 2 heterocycles. The normalized spacial score (nSPS) is 12.0. The van der Waals surface area contributed by atoms with Gasteiger partial charge in [0.2, 0.25) is 11.1 Å². The average molecular weight is 468 g/mol. The minimum Gasteiger partial charge on any atom is -0.333 e. The number of aromatic nitrogens is 5. The van der Waals surface area contributed by atoms with E-state index in [0.29, 0.717) is 16.4 Å². The van der Waals surface area contributed by atoms with E-state index in [-0.39, 0.29) is 23.6 Å². The third kappa shape index (κ3) is 4.78. The summed E-state index contributed by atoms with van der Waals surface area (Å²) in [7, 11) is 3.48. The van der Waals surface area contributed by atoms with E-state index in [4.69, 9.17) is 0 Å². The molecule has 0 unspecified atom stereocenters. The number of aryl methyl sites for hydroxylation is 1. The zero-order valence-electron chi connectivity index (χ0n) is 17.7. The third-order valence-corrected chi connectivity index (χ3v) is 7.12. The standard InChI is InChI=1S/C21H21N7O2S2/c1-13(19-23-16-6-4-5-7-17(16)32-19)27(2)20(30)14-8-10-15(11-9-14)22-18(29)12-31-21-24-25-26-28(21)3/h4-11,13H,12H2,1-3H3,(H,22,29)/t13-/m0/s1. The molecule has 2 aromatic carbocycles. The van der Waals surface area contributed by atoms with E-state index in [1.165, 1.54) is 16.4 Å². The number of amides is 2. The molecule has 11 heteroatoms. The van der Waals surface area contributed by atoms with Gasteiger partial charge in [0.1, 0.15) is 5.01 Å². The van der Waals surface area contributed by atoms with Gasteiger partial charge in [-0.3, -0.25) is 9.59 Å². The molecule has 4 rings (SSSR count). The van der Waals surface area contributed by atoms with Gasteiger partial charge in [-0.25, -0.2) is 9.67 Å². The first-order valence-corrected chi connectivity index (χ1v) is 11.6. The minimum absolute atomic E-state index is 0.111. The van der Waals surface area contributed by atoms with Crippen molar-refractivity contribution in [3.63, 3.8) is 0 Å². The highest BCUT2D eigenvalue weighted by molar-refractivity contribution is 7.99. The largest absolute Gasteiger partial charge is 0.333 e. The summed E-state index contributed by atoms with van der Waals surface area (Å²) in [5, 5.41) is 15.4. The van der Waals surface area contributed by atoms with Crippen LogP contribution in [-0.4, -0.2) is 54.7 Å². The summed E-state index contributed by atoms with van der Waals surface area (Å²) in [5.41, 5.74) is 2.09. The number of thiazole rings is 1. The lowest BCUT2D eigenvalue weighted by atomic mass is 10.1. The predicted octanol–water partition coefficient (Wildman–Crippen LogP) is 3.38. The molecule has 4 aromatic rings. The zero-order chi connectivity index (χ0) is 22.7. The Morgan fingerprint density at radius 1 is 1.19 bits per heavy atom. The number of rotatable bonds is 7. The molecule has 0 saturated heterocycles. The van der Waals surface area contributed by atoms with Gasteiger partial charge in [-0.15, -0.1) is 16.4 Å². The maximum Gasteiger partial charge on any atom is 0.254 e. The van der Waals surface area contributed by atoms with Crippen LogP contribution in [0, 0.1) is 0 Å². The summed E-state index contributed by atoms with van der Waals surface area (Å²) in [6.45, 7) is 1.97. The number of para-hydroxylation sites is 1. The molecule has 0 fully saturated rings. The lowest BCUT2D eigenvalue weighted by molar-refractivity contribution is -0.113. The van der Waals surface area contributed by atoms with Crippen LogP contribution in [0.4, 0.5) is 5.69 Å². The molecule has 0 aliphatic carbocycles. The third-order valence-electron chi connectivity index (χ3n) is 4.90. The van der Waals surface area contributed by atoms with Crippen LogP contribution in [0.2, 0.25) is 0 Å². The molecule has 1 N–H and O–H groups in total. The maximum absolute atomic E-state index is 13.0. The fraction of sp³-hybridized carbons (Fsp3) is 0.238. The van der Waals surface area contributed by atoms with Crippen LogP contribution in [0.25, 0.3) is 10.2 Å². The smallest absolute Gasteiger partial charge is 0.254 e. The molecule has 2 amide bonds. The van der Waals surface area contributed by atoms with Crippen molar-refractivity contribution in [2.24, 2.45) is 7.05 Å². The summed E-state index contributed by atoms with van der Waals surface area (Å²) >= 11 is 2.84. The van der Waals surface area contributed by atoms with Gasteiger partial charge in [0.25, 0.3) is 5.91 Å². The van der Waals surface area contributed by atoms with Gasteiger partial charge < -0.3 is 10.2 Å². The Morgan fingerprint density at radius 2 is 1.94 bits per heavy atom. The van der Waals surface area contributed by atoms with Crippen LogP contribution in [0.1, 0.15) is 28.3 Å². The average Bonchev–Trinajstić information content (AvgIpc) is 3.42. The number of anilines is 1. The van der Waals surface area contributed by atoms with Gasteiger partial charge in [0.15, 0.2) is 0 Å². The van der Waals surface area contributed by atoms with Crippen molar-refractivity contribution >= 4 is 50.8 Å². The number of hydrogen-bond acceptors (Lipinski definition) is 8. The van der Waals surface area contributed by atoms with Gasteiger partial charge in [-0.05, 0) is 53.7 Å². The van der Waals surface area contributed by atoms with E-state index in [1.54, 1.807) is 54.6 Å². The molecule has 9 nitrogen and oxygen atoms in total. The number of benzene rings is 2. The maximum atomic E-state index is 13.0. The van der Waals surface area contributed by atoms with E-state index in [9.17, 15) is 9.59 Å². The second-order valence-corrected chi connectivity index (χ2v) is 9.12. The van der Waals surface area contributed by atoms with Crippen molar-refractivity contribution in [1.82, 2.24) is 30.1 Å². The number of hydrogen-bond donors (Lipinski definition) is 1. The van der Waals surface area contributed by atoms with Crippen molar-refractivity contribution in [3.8, 4) is 0 Å². The van der Waals surface area contributed by atoms with Gasteiger partial charge in [0.05, 0.1) is 22.0 Å². The summed E-state index contributed by atoms with van der Waals surface area (Å²) in [4.78, 5) is 31.5. The molecule has 0 spiro atoms. The van der Waals surface area contributed by atoms with E-state index >= 15 is 0 Å². The van der Waals surface area contributed by atoms with Crippen molar-refractivity contribution < 1.29 is 9.59 Å². The van der Waals surface area contributed by atoms with Crippen molar-refractivity contribution in [2.75, 3.05) is 18.1 Å². The zero-order valence-corrected chi connectivity index (χ0v) is 19.4. The predicted molar refractivity (Wildman–Crippen MR) is 125 cm³/mol. The second kappa shape index (κ2) is 9.45. The molecule has 164 valence electrons. The lowest BCUT2D eigenvalue weighted by Gasteiger charge is -2.23. The Balaban J connectivity index is 1.36.